The van der Waals surface area contributed by atoms with Crippen molar-refractivity contribution in [2.45, 2.75) is 50.8 Å². The fraction of sp³-hybridized carbons (Fsp3) is 0.394. The van der Waals surface area contributed by atoms with Crippen molar-refractivity contribution < 1.29 is 28.7 Å². The number of aliphatic hydroxyl groups is 1. The van der Waals surface area contributed by atoms with Crippen LogP contribution in [0.15, 0.2) is 80.2 Å². The molecule has 216 valence electrons. The van der Waals surface area contributed by atoms with E-state index in [9.17, 15) is 24.3 Å². The minimum absolute atomic E-state index is 0.120. The van der Waals surface area contributed by atoms with Crippen LogP contribution in [-0.4, -0.2) is 57.4 Å². The third-order valence-corrected chi connectivity index (χ3v) is 10.2. The van der Waals surface area contributed by atoms with E-state index in [1.54, 1.807) is 12.1 Å². The van der Waals surface area contributed by atoms with Crippen molar-refractivity contribution in [1.82, 2.24) is 9.80 Å². The number of piperidine rings is 1. The Hall–Kier alpha value is -3.40. The highest BCUT2D eigenvalue weighted by Gasteiger charge is 2.58. The Morgan fingerprint density at radius 1 is 0.952 bits per heavy atom. The van der Waals surface area contributed by atoms with Gasteiger partial charge >= 0.3 is 0 Å². The summed E-state index contributed by atoms with van der Waals surface area (Å²) in [5.41, 5.74) is 2.83. The lowest BCUT2D eigenvalue weighted by Gasteiger charge is -2.41. The molecule has 3 aliphatic carbocycles. The Morgan fingerprint density at radius 2 is 1.71 bits per heavy atom. The number of hydrogen-bond donors (Lipinski definition) is 1. The molecule has 1 N–H and O–H groups in total. The molecule has 2 aliphatic heterocycles. The van der Waals surface area contributed by atoms with Crippen LogP contribution >= 0.6 is 15.9 Å². The molecule has 2 amide bonds. The molecule has 8 nitrogen and oxygen atoms in total. The largest absolute Gasteiger partial charge is 0.463 e. The van der Waals surface area contributed by atoms with Crippen LogP contribution in [-0.2, 0) is 32.3 Å². The van der Waals surface area contributed by atoms with Crippen molar-refractivity contribution in [3.8, 4) is 0 Å². The van der Waals surface area contributed by atoms with Crippen LogP contribution in [0.4, 0.5) is 0 Å². The standard InChI is InChI=1S/C33H31BrN2O6/c34-25-15-26(38)29-24(31(25)39)14-23-21(30(29)27-9-6-20(17-37)42-27)7-8-22-28(23)33(41)36(32(22)40)19-10-12-35(13-11-19)16-18-4-2-1-3-5-18/h1-7,9,15,19,22-23,28,30,37H,8,10-14,16-17H2. The third kappa shape index (κ3) is 4.41. The van der Waals surface area contributed by atoms with Crippen molar-refractivity contribution >= 4 is 39.3 Å². The minimum Gasteiger partial charge on any atom is -0.463 e. The highest BCUT2D eigenvalue weighted by Crippen LogP contribution is 2.55. The molecular weight excluding hydrogens is 600 g/mol. The van der Waals surface area contributed by atoms with Crippen molar-refractivity contribution in [3.05, 3.63) is 92.9 Å². The number of likely N-dealkylation sites (tertiary alicyclic amines) is 2. The summed E-state index contributed by atoms with van der Waals surface area (Å²) >= 11 is 3.25. The number of carbonyl (C=O) groups is 4. The van der Waals surface area contributed by atoms with Crippen LogP contribution in [0.2, 0.25) is 0 Å². The summed E-state index contributed by atoms with van der Waals surface area (Å²) in [6, 6.07) is 13.5. The SMILES string of the molecule is O=C1C=C(Br)C(=O)C2=C1C(c1ccc(CO)o1)C1=CCC3C(=O)N(C4CCN(Cc5ccccc5)CC4)C(=O)C3C1C2. The molecule has 1 aromatic heterocycles. The molecule has 42 heavy (non-hydrogen) atoms. The number of benzene rings is 1. The fourth-order valence-corrected chi connectivity index (χ4v) is 8.18. The van der Waals surface area contributed by atoms with E-state index in [1.165, 1.54) is 16.5 Å². The van der Waals surface area contributed by atoms with Gasteiger partial charge < -0.3 is 9.52 Å². The quantitative estimate of drug-likeness (QED) is 0.300. The molecule has 1 aromatic carbocycles. The van der Waals surface area contributed by atoms with Gasteiger partial charge in [0, 0.05) is 42.9 Å². The summed E-state index contributed by atoms with van der Waals surface area (Å²) in [5, 5.41) is 9.63. The molecule has 4 atom stereocenters. The number of amides is 2. The minimum atomic E-state index is -0.647. The van der Waals surface area contributed by atoms with Crippen LogP contribution in [0.3, 0.4) is 0 Å². The maximum Gasteiger partial charge on any atom is 0.233 e. The third-order valence-electron chi connectivity index (χ3n) is 9.66. The summed E-state index contributed by atoms with van der Waals surface area (Å²) in [7, 11) is 0. The zero-order chi connectivity index (χ0) is 29.1. The number of furan rings is 1. The number of rotatable bonds is 5. The second-order valence-corrected chi connectivity index (χ2v) is 12.7. The molecule has 7 rings (SSSR count). The van der Waals surface area contributed by atoms with E-state index < -0.39 is 23.7 Å². The van der Waals surface area contributed by atoms with Gasteiger partial charge in [-0.3, -0.25) is 29.0 Å². The average Bonchev–Trinajstić information content (AvgIpc) is 3.58. The predicted octanol–water partition coefficient (Wildman–Crippen LogP) is 4.20. The number of aliphatic hydroxyl groups excluding tert-OH is 1. The van der Waals surface area contributed by atoms with Gasteiger partial charge in [-0.15, -0.1) is 0 Å². The van der Waals surface area contributed by atoms with Crippen molar-refractivity contribution in [1.29, 1.82) is 0 Å². The predicted molar refractivity (Wildman–Crippen MR) is 156 cm³/mol. The van der Waals surface area contributed by atoms with Gasteiger partial charge in [0.05, 0.1) is 22.2 Å². The lowest BCUT2D eigenvalue weighted by atomic mass is 9.60. The Balaban J connectivity index is 1.17. The fourth-order valence-electron chi connectivity index (χ4n) is 7.73. The van der Waals surface area contributed by atoms with E-state index >= 15 is 0 Å². The number of allylic oxidation sites excluding steroid dienone is 6. The Labute approximate surface area is 251 Å². The lowest BCUT2D eigenvalue weighted by molar-refractivity contribution is -0.144. The Kier molecular flexibility index (Phi) is 6.99. The second kappa shape index (κ2) is 10.7. The zero-order valence-corrected chi connectivity index (χ0v) is 24.6. The van der Waals surface area contributed by atoms with Gasteiger partial charge in [0.1, 0.15) is 18.1 Å². The monoisotopic (exact) mass is 630 g/mol. The molecule has 2 fully saturated rings. The molecule has 5 aliphatic rings. The number of hydrogen-bond acceptors (Lipinski definition) is 7. The molecule has 9 heteroatoms. The number of nitrogens with zero attached hydrogens (tertiary/aromatic N) is 2. The van der Waals surface area contributed by atoms with E-state index in [4.69, 9.17) is 4.42 Å². The van der Waals surface area contributed by atoms with Crippen LogP contribution in [0.25, 0.3) is 0 Å². The maximum atomic E-state index is 14.2. The first kappa shape index (κ1) is 27.4. The summed E-state index contributed by atoms with van der Waals surface area (Å²) in [4.78, 5) is 58.5. The van der Waals surface area contributed by atoms with E-state index in [0.29, 0.717) is 29.1 Å². The summed E-state index contributed by atoms with van der Waals surface area (Å²) < 4.78 is 6.11. The average molecular weight is 632 g/mol. The first-order valence-corrected chi connectivity index (χ1v) is 15.4. The van der Waals surface area contributed by atoms with Crippen molar-refractivity contribution in [3.63, 3.8) is 0 Å². The van der Waals surface area contributed by atoms with Gasteiger partial charge in [-0.1, -0.05) is 42.0 Å². The Bertz CT molecular complexity index is 1580. The number of fused-ring (bicyclic) bond motifs is 3. The van der Waals surface area contributed by atoms with Crippen LogP contribution in [0, 0.1) is 17.8 Å². The Morgan fingerprint density at radius 3 is 2.43 bits per heavy atom. The van der Waals surface area contributed by atoms with Gasteiger partial charge in [-0.05, 0) is 65.2 Å². The molecule has 2 aromatic rings. The first-order valence-electron chi connectivity index (χ1n) is 14.6. The van der Waals surface area contributed by atoms with Crippen LogP contribution < -0.4 is 0 Å². The van der Waals surface area contributed by atoms with Gasteiger partial charge in [0.2, 0.25) is 11.8 Å². The molecule has 4 unspecified atom stereocenters. The molecule has 3 heterocycles. The van der Waals surface area contributed by atoms with E-state index in [2.05, 4.69) is 33.0 Å². The first-order chi connectivity index (χ1) is 20.4. The topological polar surface area (TPSA) is 108 Å². The second-order valence-electron chi connectivity index (χ2n) is 11.9. The number of ketones is 2. The van der Waals surface area contributed by atoms with Gasteiger partial charge in [0.25, 0.3) is 0 Å². The molecule has 0 bridgehead atoms. The van der Waals surface area contributed by atoms with Gasteiger partial charge in [-0.25, -0.2) is 0 Å². The van der Waals surface area contributed by atoms with Gasteiger partial charge in [0.15, 0.2) is 11.6 Å². The summed E-state index contributed by atoms with van der Waals surface area (Å²) in [6.45, 7) is 2.16. The van der Waals surface area contributed by atoms with Crippen LogP contribution in [0.1, 0.15) is 48.7 Å². The molecular formula is C33H31BrN2O6. The number of halogens is 1. The highest BCUT2D eigenvalue weighted by molar-refractivity contribution is 9.12. The highest BCUT2D eigenvalue weighted by atomic mass is 79.9. The molecule has 2 saturated heterocycles. The van der Waals surface area contributed by atoms with E-state index in [1.807, 2.05) is 24.3 Å². The van der Waals surface area contributed by atoms with Crippen LogP contribution in [0.5, 0.6) is 0 Å². The number of imide groups is 1. The van der Waals surface area contributed by atoms with Crippen molar-refractivity contribution in [2.24, 2.45) is 17.8 Å². The van der Waals surface area contributed by atoms with E-state index in [0.717, 1.165) is 38.0 Å². The molecule has 0 spiro atoms. The normalized spacial score (nSPS) is 28.5. The maximum absolute atomic E-state index is 14.2. The number of carbonyl (C=O) groups excluding carboxylic acids is 4. The summed E-state index contributed by atoms with van der Waals surface area (Å²) in [6.07, 6.45) is 5.37. The molecule has 0 radical (unpaired) electrons. The van der Waals surface area contributed by atoms with Gasteiger partial charge in [-0.2, -0.15) is 0 Å². The van der Waals surface area contributed by atoms with E-state index in [-0.39, 0.29) is 46.9 Å². The van der Waals surface area contributed by atoms with Crippen molar-refractivity contribution in [2.75, 3.05) is 13.1 Å². The molecule has 0 saturated carbocycles. The number of Topliss-reactive ketones (excluding diaryl/α,β-unsaturated/α-hetero) is 1. The lowest BCUT2D eigenvalue weighted by Crippen LogP contribution is -2.47. The summed E-state index contributed by atoms with van der Waals surface area (Å²) in [5.74, 6) is -2.14. The smallest absolute Gasteiger partial charge is 0.233 e. The zero-order valence-electron chi connectivity index (χ0n) is 23.0.